The molecule has 0 aromatic heterocycles. The Morgan fingerprint density at radius 1 is 1.05 bits per heavy atom. The van der Waals surface area contributed by atoms with E-state index in [0.29, 0.717) is 26.2 Å². The van der Waals surface area contributed by atoms with Gasteiger partial charge in [0.25, 0.3) is 0 Å². The average molecular weight is 312 g/mol. The summed E-state index contributed by atoms with van der Waals surface area (Å²) in [5.41, 5.74) is 0. The third kappa shape index (κ3) is 5.90. The van der Waals surface area contributed by atoms with Gasteiger partial charge in [-0.1, -0.05) is 0 Å². The molecule has 2 heterocycles. The van der Waals surface area contributed by atoms with Crippen molar-refractivity contribution in [3.8, 4) is 0 Å². The predicted octanol–water partition coefficient (Wildman–Crippen LogP) is -0.965. The molecular weight excluding hydrogens is 284 g/mol. The van der Waals surface area contributed by atoms with Crippen LogP contribution in [0.5, 0.6) is 0 Å². The standard InChI is InChI=1S/C15H28N4O3/c1-2-16-14(20)11-18-5-7-19(8-6-18)12-15(21)17-10-13-4-3-9-22-13/h13H,2-12H2,1H3,(H,16,20)(H,17,21)/t13-/m0/s1. The Morgan fingerprint density at radius 2 is 1.64 bits per heavy atom. The number of amides is 2. The average Bonchev–Trinajstić information content (AvgIpc) is 3.01. The van der Waals surface area contributed by atoms with Gasteiger partial charge in [-0.05, 0) is 19.8 Å². The molecule has 2 aliphatic rings. The largest absolute Gasteiger partial charge is 0.376 e. The number of likely N-dealkylation sites (N-methyl/N-ethyl adjacent to an activating group) is 1. The maximum Gasteiger partial charge on any atom is 0.234 e. The van der Waals surface area contributed by atoms with E-state index in [-0.39, 0.29) is 17.9 Å². The molecule has 2 rings (SSSR count). The fourth-order valence-corrected chi connectivity index (χ4v) is 2.85. The smallest absolute Gasteiger partial charge is 0.234 e. The van der Waals surface area contributed by atoms with Crippen molar-refractivity contribution in [2.45, 2.75) is 25.9 Å². The molecule has 2 saturated heterocycles. The summed E-state index contributed by atoms with van der Waals surface area (Å²) in [6, 6.07) is 0. The second kappa shape index (κ2) is 9.07. The molecule has 7 heteroatoms. The van der Waals surface area contributed by atoms with Crippen LogP contribution in [0.25, 0.3) is 0 Å². The number of nitrogens with one attached hydrogen (secondary N) is 2. The second-order valence-corrected chi connectivity index (χ2v) is 5.94. The molecule has 2 N–H and O–H groups in total. The van der Waals surface area contributed by atoms with Crippen molar-refractivity contribution in [2.75, 3.05) is 59.0 Å². The normalized spacial score (nSPS) is 23.4. The van der Waals surface area contributed by atoms with E-state index in [4.69, 9.17) is 4.74 Å². The third-order valence-corrected chi connectivity index (χ3v) is 4.12. The molecule has 0 unspecified atom stereocenters. The van der Waals surface area contributed by atoms with Crippen molar-refractivity contribution in [3.63, 3.8) is 0 Å². The highest BCUT2D eigenvalue weighted by molar-refractivity contribution is 5.78. The lowest BCUT2D eigenvalue weighted by molar-refractivity contribution is -0.125. The quantitative estimate of drug-likeness (QED) is 0.633. The molecule has 0 aromatic rings. The van der Waals surface area contributed by atoms with E-state index >= 15 is 0 Å². The van der Waals surface area contributed by atoms with Gasteiger partial charge >= 0.3 is 0 Å². The summed E-state index contributed by atoms with van der Waals surface area (Å²) >= 11 is 0. The monoisotopic (exact) mass is 312 g/mol. The Morgan fingerprint density at radius 3 is 2.14 bits per heavy atom. The van der Waals surface area contributed by atoms with Gasteiger partial charge in [0.1, 0.15) is 0 Å². The van der Waals surface area contributed by atoms with Crippen LogP contribution in [-0.4, -0.2) is 86.7 Å². The van der Waals surface area contributed by atoms with Crippen LogP contribution in [0.2, 0.25) is 0 Å². The number of rotatable bonds is 7. The minimum atomic E-state index is 0.0627. The number of ether oxygens (including phenoxy) is 1. The lowest BCUT2D eigenvalue weighted by Gasteiger charge is -2.33. The van der Waals surface area contributed by atoms with Crippen molar-refractivity contribution >= 4 is 11.8 Å². The van der Waals surface area contributed by atoms with Crippen LogP contribution < -0.4 is 10.6 Å². The van der Waals surface area contributed by atoms with Crippen LogP contribution in [0.15, 0.2) is 0 Å². The van der Waals surface area contributed by atoms with Gasteiger partial charge in [0.05, 0.1) is 19.2 Å². The van der Waals surface area contributed by atoms with E-state index in [0.717, 1.165) is 45.6 Å². The first-order chi connectivity index (χ1) is 10.7. The first kappa shape index (κ1) is 17.2. The summed E-state index contributed by atoms with van der Waals surface area (Å²) in [6.45, 7) is 8.22. The van der Waals surface area contributed by atoms with Gasteiger partial charge in [-0.25, -0.2) is 0 Å². The fourth-order valence-electron chi connectivity index (χ4n) is 2.85. The number of carbonyl (C=O) groups excluding carboxylic acids is 2. The number of hydrogen-bond acceptors (Lipinski definition) is 5. The van der Waals surface area contributed by atoms with Crippen molar-refractivity contribution in [2.24, 2.45) is 0 Å². The van der Waals surface area contributed by atoms with E-state index < -0.39 is 0 Å². The highest BCUT2D eigenvalue weighted by Crippen LogP contribution is 2.10. The van der Waals surface area contributed by atoms with Crippen LogP contribution in [0, 0.1) is 0 Å². The Labute approximate surface area is 132 Å². The molecule has 22 heavy (non-hydrogen) atoms. The summed E-state index contributed by atoms with van der Waals surface area (Å²) in [4.78, 5) is 27.7. The lowest BCUT2D eigenvalue weighted by atomic mass is 10.2. The summed E-state index contributed by atoms with van der Waals surface area (Å²) in [7, 11) is 0. The molecule has 0 aromatic carbocycles. The molecule has 126 valence electrons. The molecule has 1 atom stereocenters. The van der Waals surface area contributed by atoms with Crippen LogP contribution in [0.4, 0.5) is 0 Å². The molecule has 2 amide bonds. The van der Waals surface area contributed by atoms with Crippen LogP contribution in [0.3, 0.4) is 0 Å². The molecule has 0 bridgehead atoms. The van der Waals surface area contributed by atoms with Gasteiger partial charge in [-0.3, -0.25) is 19.4 Å². The van der Waals surface area contributed by atoms with E-state index in [9.17, 15) is 9.59 Å². The molecule has 0 radical (unpaired) electrons. The first-order valence-electron chi connectivity index (χ1n) is 8.27. The Bertz CT molecular complexity index is 364. The highest BCUT2D eigenvalue weighted by Gasteiger charge is 2.21. The number of nitrogens with zero attached hydrogens (tertiary/aromatic N) is 2. The van der Waals surface area contributed by atoms with E-state index in [1.165, 1.54) is 0 Å². The van der Waals surface area contributed by atoms with E-state index in [1.54, 1.807) is 0 Å². The zero-order valence-corrected chi connectivity index (χ0v) is 13.5. The Kier molecular flexibility index (Phi) is 7.08. The third-order valence-electron chi connectivity index (χ3n) is 4.12. The number of carbonyl (C=O) groups is 2. The Hall–Kier alpha value is -1.18. The summed E-state index contributed by atoms with van der Waals surface area (Å²) < 4.78 is 5.49. The topological polar surface area (TPSA) is 73.9 Å². The van der Waals surface area contributed by atoms with Gasteiger partial charge in [-0.15, -0.1) is 0 Å². The predicted molar refractivity (Wildman–Crippen MR) is 83.5 cm³/mol. The molecule has 2 fully saturated rings. The summed E-state index contributed by atoms with van der Waals surface area (Å²) in [5, 5.41) is 5.76. The van der Waals surface area contributed by atoms with E-state index in [1.807, 2.05) is 6.92 Å². The van der Waals surface area contributed by atoms with Gasteiger partial charge in [0.15, 0.2) is 0 Å². The lowest BCUT2D eigenvalue weighted by Crippen LogP contribution is -2.51. The van der Waals surface area contributed by atoms with Crippen molar-refractivity contribution in [1.29, 1.82) is 0 Å². The number of hydrogen-bond donors (Lipinski definition) is 2. The van der Waals surface area contributed by atoms with Crippen molar-refractivity contribution < 1.29 is 14.3 Å². The second-order valence-electron chi connectivity index (χ2n) is 5.94. The maximum absolute atomic E-state index is 11.9. The van der Waals surface area contributed by atoms with Gasteiger partial charge in [0, 0.05) is 45.9 Å². The zero-order valence-electron chi connectivity index (χ0n) is 13.5. The SMILES string of the molecule is CCNC(=O)CN1CCN(CC(=O)NC[C@@H]2CCCO2)CC1. The van der Waals surface area contributed by atoms with Crippen LogP contribution in [0.1, 0.15) is 19.8 Å². The molecule has 2 aliphatic heterocycles. The molecule has 0 saturated carbocycles. The van der Waals surface area contributed by atoms with Crippen LogP contribution in [-0.2, 0) is 14.3 Å². The summed E-state index contributed by atoms with van der Waals surface area (Å²) in [6.07, 6.45) is 2.32. The van der Waals surface area contributed by atoms with Gasteiger partial charge in [-0.2, -0.15) is 0 Å². The minimum Gasteiger partial charge on any atom is -0.376 e. The van der Waals surface area contributed by atoms with Crippen molar-refractivity contribution in [3.05, 3.63) is 0 Å². The minimum absolute atomic E-state index is 0.0627. The number of piperazine rings is 1. The maximum atomic E-state index is 11.9. The van der Waals surface area contributed by atoms with E-state index in [2.05, 4.69) is 20.4 Å². The molecule has 0 spiro atoms. The van der Waals surface area contributed by atoms with Crippen molar-refractivity contribution in [1.82, 2.24) is 20.4 Å². The zero-order chi connectivity index (χ0) is 15.8. The Balaban J connectivity index is 1.58. The first-order valence-corrected chi connectivity index (χ1v) is 8.27. The van der Waals surface area contributed by atoms with Gasteiger partial charge in [0.2, 0.25) is 11.8 Å². The van der Waals surface area contributed by atoms with Gasteiger partial charge < -0.3 is 15.4 Å². The fraction of sp³-hybridized carbons (Fsp3) is 0.867. The molecular formula is C15H28N4O3. The highest BCUT2D eigenvalue weighted by atomic mass is 16.5. The summed E-state index contributed by atoms with van der Waals surface area (Å²) in [5.74, 6) is 0.137. The molecule has 0 aliphatic carbocycles. The molecule has 7 nitrogen and oxygen atoms in total. The van der Waals surface area contributed by atoms with Crippen LogP contribution >= 0.6 is 0 Å².